The molecule has 6 heteroatoms. The Balaban J connectivity index is 3.63. The van der Waals surface area contributed by atoms with E-state index in [1.54, 1.807) is 0 Å². The molecule has 0 aromatic rings. The van der Waals surface area contributed by atoms with Crippen molar-refractivity contribution < 1.29 is 25.5 Å². The van der Waals surface area contributed by atoms with Gasteiger partial charge in [0.05, 0.1) is 6.54 Å². The molecule has 0 aliphatic rings. The van der Waals surface area contributed by atoms with Crippen molar-refractivity contribution in [1.29, 1.82) is 0 Å². The lowest BCUT2D eigenvalue weighted by Gasteiger charge is -2.14. The smallest absolute Gasteiger partial charge is 0.134 e. The summed E-state index contributed by atoms with van der Waals surface area (Å²) in [5.41, 5.74) is 3.58. The molecule has 0 rings (SSSR count). The van der Waals surface area contributed by atoms with Gasteiger partial charge in [0.2, 0.25) is 0 Å². The summed E-state index contributed by atoms with van der Waals surface area (Å²) in [6.07, 6.45) is -1.06. The number of hydrogen-bond acceptors (Lipinski definition) is 4. The van der Waals surface area contributed by atoms with Crippen molar-refractivity contribution in [3.8, 4) is 0 Å². The number of carbonyl (C=O) groups excluding carboxylic acids is 2. The van der Waals surface area contributed by atoms with Gasteiger partial charge in [-0.1, -0.05) is 0 Å². The summed E-state index contributed by atoms with van der Waals surface area (Å²) in [7, 11) is 0. The molecule has 0 spiro atoms. The van der Waals surface area contributed by atoms with Crippen LogP contribution in [0.25, 0.3) is 0 Å². The van der Waals surface area contributed by atoms with E-state index in [1.807, 2.05) is 0 Å². The monoisotopic (exact) mass is 189 g/mol. The number of carboxylic acids is 1. The first-order valence-corrected chi connectivity index (χ1v) is 4.00. The first-order chi connectivity index (χ1) is 6.06. The van der Waals surface area contributed by atoms with Crippen LogP contribution in [0.3, 0.4) is 0 Å². The minimum Gasteiger partial charge on any atom is -0.550 e. The highest BCUT2D eigenvalue weighted by Crippen LogP contribution is 2.01. The highest BCUT2D eigenvalue weighted by molar-refractivity contribution is 5.64. The molecule has 0 aliphatic carbocycles. The van der Waals surface area contributed by atoms with E-state index in [0.717, 1.165) is 0 Å². The molecule has 0 aromatic heterocycles. The Morgan fingerprint density at radius 1 is 1.38 bits per heavy atom. The zero-order valence-electron chi connectivity index (χ0n) is 7.25. The fourth-order valence-electron chi connectivity index (χ4n) is 0.898. The summed E-state index contributed by atoms with van der Waals surface area (Å²) in [6.45, 7) is 0.659. The van der Waals surface area contributed by atoms with Gasteiger partial charge in [-0.3, -0.25) is 0 Å². The number of carboxylic acid groups (broad SMARTS) is 2. The molecule has 4 N–H and O–H groups in total. The standard InChI is InChI=1S/C7H14N2O4/c8-3-5(1-2-6(10)11)4-9-7(12)13/h5,9H,1-4,8H2,(H,10,11)(H,12,13)/p-1. The zero-order chi connectivity index (χ0) is 10.3. The van der Waals surface area contributed by atoms with Crippen molar-refractivity contribution in [2.24, 2.45) is 5.92 Å². The van der Waals surface area contributed by atoms with E-state index in [2.05, 4.69) is 11.1 Å². The number of aliphatic carboxylic acids is 1. The van der Waals surface area contributed by atoms with Crippen LogP contribution in [0.15, 0.2) is 0 Å². The molecule has 1 atom stereocenters. The van der Waals surface area contributed by atoms with Gasteiger partial charge < -0.3 is 30.9 Å². The Hall–Kier alpha value is -1.30. The second-order valence-corrected chi connectivity index (χ2v) is 2.73. The average Bonchev–Trinajstić information content (AvgIpc) is 2.04. The van der Waals surface area contributed by atoms with E-state index in [4.69, 9.17) is 0 Å². The lowest BCUT2D eigenvalue weighted by atomic mass is 10.0. The summed E-state index contributed by atoms with van der Waals surface area (Å²) in [4.78, 5) is 20.1. The molecular weight excluding hydrogens is 176 g/mol. The predicted molar refractivity (Wildman–Crippen MR) is 38.9 cm³/mol. The third-order valence-electron chi connectivity index (χ3n) is 1.70. The van der Waals surface area contributed by atoms with Crippen LogP contribution < -0.4 is 21.3 Å². The van der Waals surface area contributed by atoms with Gasteiger partial charge in [0.25, 0.3) is 0 Å². The third-order valence-corrected chi connectivity index (χ3v) is 1.70. The minimum absolute atomic E-state index is 0.0733. The molecule has 0 aromatic carbocycles. The topological polar surface area (TPSA) is 120 Å². The normalized spacial score (nSPS) is 12.1. The average molecular weight is 189 g/mol. The summed E-state index contributed by atoms with van der Waals surface area (Å²) in [5, 5.41) is 22.1. The lowest BCUT2D eigenvalue weighted by Crippen LogP contribution is -2.56. The largest absolute Gasteiger partial charge is 0.550 e. The summed E-state index contributed by atoms with van der Waals surface area (Å²) in [5.74, 6) is -1.21. The van der Waals surface area contributed by atoms with Gasteiger partial charge in [-0.15, -0.1) is 0 Å². The van der Waals surface area contributed by atoms with E-state index in [1.165, 1.54) is 0 Å². The van der Waals surface area contributed by atoms with E-state index in [9.17, 15) is 19.8 Å². The van der Waals surface area contributed by atoms with Gasteiger partial charge in [0.1, 0.15) is 6.09 Å². The maximum absolute atomic E-state index is 10.1. The molecule has 0 saturated heterocycles. The predicted octanol–water partition coefficient (Wildman–Crippen LogP) is -3.69. The van der Waals surface area contributed by atoms with Gasteiger partial charge in [0, 0.05) is 18.4 Å². The molecule has 1 unspecified atom stereocenters. The first-order valence-electron chi connectivity index (χ1n) is 4.00. The molecule has 6 nitrogen and oxygen atoms in total. The first kappa shape index (κ1) is 11.7. The Morgan fingerprint density at radius 3 is 2.38 bits per heavy atom. The third kappa shape index (κ3) is 7.07. The van der Waals surface area contributed by atoms with E-state index in [-0.39, 0.29) is 18.9 Å². The lowest BCUT2D eigenvalue weighted by molar-refractivity contribution is -0.379. The molecule has 0 saturated carbocycles. The van der Waals surface area contributed by atoms with Crippen molar-refractivity contribution >= 4 is 12.1 Å². The van der Waals surface area contributed by atoms with Gasteiger partial charge in [-0.2, -0.15) is 0 Å². The highest BCUT2D eigenvalue weighted by Gasteiger charge is 2.07. The summed E-state index contributed by atoms with van der Waals surface area (Å²) < 4.78 is 0. The van der Waals surface area contributed by atoms with Crippen LogP contribution >= 0.6 is 0 Å². The fraction of sp³-hybridized carbons (Fsp3) is 0.714. The number of amides is 1. The maximum Gasteiger partial charge on any atom is 0.134 e. The molecule has 0 heterocycles. The Morgan fingerprint density at radius 2 is 2.00 bits per heavy atom. The van der Waals surface area contributed by atoms with E-state index in [0.29, 0.717) is 13.0 Å². The van der Waals surface area contributed by atoms with Gasteiger partial charge in [0.15, 0.2) is 0 Å². The van der Waals surface area contributed by atoms with Crippen molar-refractivity contribution in [3.63, 3.8) is 0 Å². The van der Waals surface area contributed by atoms with Crippen LogP contribution in [0.1, 0.15) is 12.8 Å². The van der Waals surface area contributed by atoms with Gasteiger partial charge >= 0.3 is 0 Å². The van der Waals surface area contributed by atoms with Crippen LogP contribution in [0.5, 0.6) is 0 Å². The van der Waals surface area contributed by atoms with Gasteiger partial charge in [-0.05, 0) is 12.8 Å². The van der Waals surface area contributed by atoms with Crippen molar-refractivity contribution in [1.82, 2.24) is 5.32 Å². The molecule has 1 amide bonds. The SMILES string of the molecule is [NH3+]CC(CCC(=O)[O-])CNC(=O)[O-]. The van der Waals surface area contributed by atoms with Crippen molar-refractivity contribution in [2.45, 2.75) is 12.8 Å². The van der Waals surface area contributed by atoms with E-state index < -0.39 is 12.1 Å². The number of quaternary nitrogens is 1. The molecule has 0 bridgehead atoms. The Labute approximate surface area is 75.7 Å². The van der Waals surface area contributed by atoms with Crippen molar-refractivity contribution in [3.05, 3.63) is 0 Å². The maximum atomic E-state index is 10.1. The Kier molecular flexibility index (Phi) is 5.62. The Bertz CT molecular complexity index is 165. The number of carbonyl (C=O) groups is 2. The van der Waals surface area contributed by atoms with Crippen LogP contribution in [-0.4, -0.2) is 25.2 Å². The summed E-state index contributed by atoms with van der Waals surface area (Å²) >= 11 is 0. The minimum atomic E-state index is -1.35. The number of hydrogen-bond donors (Lipinski definition) is 2. The molecule has 76 valence electrons. The second kappa shape index (κ2) is 6.24. The number of nitrogens with one attached hydrogen (secondary N) is 1. The van der Waals surface area contributed by atoms with E-state index >= 15 is 0 Å². The molecular formula is C7H13N2O4-. The van der Waals surface area contributed by atoms with Crippen molar-refractivity contribution in [2.75, 3.05) is 13.1 Å². The zero-order valence-corrected chi connectivity index (χ0v) is 7.25. The highest BCUT2D eigenvalue weighted by atomic mass is 16.4. The number of rotatable bonds is 6. The van der Waals surface area contributed by atoms with Gasteiger partial charge in [-0.25, -0.2) is 0 Å². The van der Waals surface area contributed by atoms with Crippen LogP contribution in [0.4, 0.5) is 4.79 Å². The molecule has 0 fully saturated rings. The molecule has 13 heavy (non-hydrogen) atoms. The van der Waals surface area contributed by atoms with Crippen LogP contribution in [-0.2, 0) is 4.79 Å². The molecule has 0 radical (unpaired) electrons. The van der Waals surface area contributed by atoms with Crippen LogP contribution in [0, 0.1) is 5.92 Å². The fourth-order valence-corrected chi connectivity index (χ4v) is 0.898. The summed E-state index contributed by atoms with van der Waals surface area (Å²) in [6, 6.07) is 0. The molecule has 0 aliphatic heterocycles. The second-order valence-electron chi connectivity index (χ2n) is 2.73. The van der Waals surface area contributed by atoms with Crippen LogP contribution in [0.2, 0.25) is 0 Å². The quantitative estimate of drug-likeness (QED) is 0.446.